The van der Waals surface area contributed by atoms with Crippen LogP contribution in [0.2, 0.25) is 0 Å². The molecule has 1 saturated heterocycles. The number of benzene rings is 1. The van der Waals surface area contributed by atoms with Gasteiger partial charge in [0.05, 0.1) is 10.8 Å². The van der Waals surface area contributed by atoms with E-state index in [9.17, 15) is 19.7 Å². The lowest BCUT2D eigenvalue weighted by molar-refractivity contribution is -0.384. The van der Waals surface area contributed by atoms with Crippen LogP contribution in [-0.2, 0) is 9.59 Å². The molecular weight excluding hydrogens is 288 g/mol. The molecule has 0 atom stereocenters. The predicted molar refractivity (Wildman–Crippen MR) is 79.1 cm³/mol. The summed E-state index contributed by atoms with van der Waals surface area (Å²) in [5, 5.41) is 19.6. The number of nitrogens with zero attached hydrogens (tertiary/aromatic N) is 2. The topological polar surface area (TPSA) is 101 Å². The summed E-state index contributed by atoms with van der Waals surface area (Å²) in [6, 6.07) is 6.00. The molecule has 22 heavy (non-hydrogen) atoms. The molecule has 116 valence electrons. The second-order valence-electron chi connectivity index (χ2n) is 5.12. The average Bonchev–Trinajstić information content (AvgIpc) is 2.53. The van der Waals surface area contributed by atoms with Crippen LogP contribution in [0.4, 0.5) is 5.69 Å². The number of hydrogen-bond donors (Lipinski definition) is 1. The molecule has 7 heteroatoms. The van der Waals surface area contributed by atoms with Crippen molar-refractivity contribution < 1.29 is 19.6 Å². The number of hydrogen-bond acceptors (Lipinski definition) is 4. The smallest absolute Gasteiger partial charge is 0.306 e. The molecule has 7 nitrogen and oxygen atoms in total. The monoisotopic (exact) mass is 304 g/mol. The van der Waals surface area contributed by atoms with Crippen molar-refractivity contribution in [1.82, 2.24) is 4.90 Å². The van der Waals surface area contributed by atoms with E-state index in [1.807, 2.05) is 0 Å². The second-order valence-corrected chi connectivity index (χ2v) is 5.12. The SMILES string of the molecule is O=C(O)C1CCN(C(=O)/C=C/c2cccc([N+](=O)[O-])c2)CC1. The van der Waals surface area contributed by atoms with E-state index in [-0.39, 0.29) is 17.5 Å². The molecular formula is C15H16N2O5. The van der Waals surface area contributed by atoms with E-state index >= 15 is 0 Å². The Kier molecular flexibility index (Phi) is 4.88. The number of piperidine rings is 1. The van der Waals surface area contributed by atoms with Crippen molar-refractivity contribution in [3.8, 4) is 0 Å². The Balaban J connectivity index is 1.96. The van der Waals surface area contributed by atoms with Crippen molar-refractivity contribution in [2.24, 2.45) is 5.92 Å². The summed E-state index contributed by atoms with van der Waals surface area (Å²) in [4.78, 5) is 34.7. The van der Waals surface area contributed by atoms with Gasteiger partial charge in [-0.05, 0) is 24.5 Å². The van der Waals surface area contributed by atoms with E-state index in [1.54, 1.807) is 17.0 Å². The fraction of sp³-hybridized carbons (Fsp3) is 0.333. The first-order valence-corrected chi connectivity index (χ1v) is 6.91. The standard InChI is InChI=1S/C15H16N2O5/c18-14(16-8-6-12(7-9-16)15(19)20)5-4-11-2-1-3-13(10-11)17(21)22/h1-5,10,12H,6-9H2,(H,19,20)/b5-4+. The molecule has 1 heterocycles. The van der Waals surface area contributed by atoms with Crippen LogP contribution in [-0.4, -0.2) is 39.9 Å². The Labute approximate surface area is 127 Å². The highest BCUT2D eigenvalue weighted by Crippen LogP contribution is 2.18. The van der Waals surface area contributed by atoms with Crippen LogP contribution >= 0.6 is 0 Å². The number of carboxylic acid groups (broad SMARTS) is 1. The number of rotatable bonds is 4. The quantitative estimate of drug-likeness (QED) is 0.520. The Hall–Kier alpha value is -2.70. The fourth-order valence-electron chi connectivity index (χ4n) is 2.36. The van der Waals surface area contributed by atoms with Gasteiger partial charge >= 0.3 is 5.97 Å². The van der Waals surface area contributed by atoms with Crippen LogP contribution in [0.1, 0.15) is 18.4 Å². The van der Waals surface area contributed by atoms with Crippen molar-refractivity contribution in [3.63, 3.8) is 0 Å². The molecule has 0 radical (unpaired) electrons. The number of nitro groups is 1. The van der Waals surface area contributed by atoms with Gasteiger partial charge in [-0.3, -0.25) is 19.7 Å². The van der Waals surface area contributed by atoms with Crippen LogP contribution in [0, 0.1) is 16.0 Å². The van der Waals surface area contributed by atoms with Crippen LogP contribution in [0.5, 0.6) is 0 Å². The second kappa shape index (κ2) is 6.84. The van der Waals surface area contributed by atoms with E-state index < -0.39 is 10.9 Å². The summed E-state index contributed by atoms with van der Waals surface area (Å²) in [6.45, 7) is 0.824. The summed E-state index contributed by atoms with van der Waals surface area (Å²) in [5.74, 6) is -1.42. The van der Waals surface area contributed by atoms with Crippen molar-refractivity contribution in [2.45, 2.75) is 12.8 Å². The minimum absolute atomic E-state index is 0.0307. The van der Waals surface area contributed by atoms with Gasteiger partial charge in [0.2, 0.25) is 5.91 Å². The Morgan fingerprint density at radius 2 is 2.00 bits per heavy atom. The highest BCUT2D eigenvalue weighted by molar-refractivity contribution is 5.92. The maximum atomic E-state index is 12.0. The lowest BCUT2D eigenvalue weighted by Crippen LogP contribution is -2.39. The minimum atomic E-state index is -0.820. The number of aliphatic carboxylic acids is 1. The van der Waals surface area contributed by atoms with Gasteiger partial charge in [-0.2, -0.15) is 0 Å². The number of non-ortho nitro benzene ring substituents is 1. The number of carboxylic acids is 1. The zero-order chi connectivity index (χ0) is 16.1. The molecule has 1 aromatic carbocycles. The van der Waals surface area contributed by atoms with Gasteiger partial charge in [0.15, 0.2) is 0 Å². The Morgan fingerprint density at radius 3 is 2.59 bits per heavy atom. The largest absolute Gasteiger partial charge is 0.481 e. The van der Waals surface area contributed by atoms with Gasteiger partial charge < -0.3 is 10.0 Å². The molecule has 1 aliphatic heterocycles. The number of carbonyl (C=O) groups excluding carboxylic acids is 1. The van der Waals surface area contributed by atoms with Crippen LogP contribution in [0.3, 0.4) is 0 Å². The Bertz CT molecular complexity index is 618. The van der Waals surface area contributed by atoms with Gasteiger partial charge in [0.25, 0.3) is 5.69 Å². The molecule has 1 amide bonds. The lowest BCUT2D eigenvalue weighted by Gasteiger charge is -2.29. The first kappa shape index (κ1) is 15.7. The molecule has 1 fully saturated rings. The third-order valence-corrected chi connectivity index (χ3v) is 3.66. The summed E-state index contributed by atoms with van der Waals surface area (Å²) in [6.07, 6.45) is 3.79. The summed E-state index contributed by atoms with van der Waals surface area (Å²) >= 11 is 0. The van der Waals surface area contributed by atoms with E-state index in [0.717, 1.165) is 0 Å². The van der Waals surface area contributed by atoms with Gasteiger partial charge in [0, 0.05) is 31.3 Å². The number of nitro benzene ring substituents is 1. The molecule has 0 aromatic heterocycles. The van der Waals surface area contributed by atoms with Gasteiger partial charge in [0.1, 0.15) is 0 Å². The van der Waals surface area contributed by atoms with E-state index in [2.05, 4.69) is 0 Å². The van der Waals surface area contributed by atoms with E-state index in [4.69, 9.17) is 5.11 Å². The molecule has 1 aromatic rings. The van der Waals surface area contributed by atoms with E-state index in [0.29, 0.717) is 31.5 Å². The zero-order valence-corrected chi connectivity index (χ0v) is 11.8. The van der Waals surface area contributed by atoms with Crippen molar-refractivity contribution >= 4 is 23.6 Å². The molecule has 0 aliphatic carbocycles. The normalized spacial score (nSPS) is 15.9. The lowest BCUT2D eigenvalue weighted by atomic mass is 9.97. The molecule has 1 N–H and O–H groups in total. The van der Waals surface area contributed by atoms with Crippen molar-refractivity contribution in [2.75, 3.05) is 13.1 Å². The van der Waals surface area contributed by atoms with Crippen LogP contribution in [0.15, 0.2) is 30.3 Å². The fourth-order valence-corrected chi connectivity index (χ4v) is 2.36. The molecule has 0 bridgehead atoms. The van der Waals surface area contributed by atoms with Crippen LogP contribution in [0.25, 0.3) is 6.08 Å². The van der Waals surface area contributed by atoms with Crippen molar-refractivity contribution in [3.05, 3.63) is 46.0 Å². The molecule has 0 unspecified atom stereocenters. The average molecular weight is 304 g/mol. The molecule has 0 spiro atoms. The summed E-state index contributed by atoms with van der Waals surface area (Å²) < 4.78 is 0. The van der Waals surface area contributed by atoms with Crippen LogP contribution < -0.4 is 0 Å². The van der Waals surface area contributed by atoms with Gasteiger partial charge in [-0.1, -0.05) is 12.1 Å². The summed E-state index contributed by atoms with van der Waals surface area (Å²) in [7, 11) is 0. The maximum absolute atomic E-state index is 12.0. The van der Waals surface area contributed by atoms with Crippen molar-refractivity contribution in [1.29, 1.82) is 0 Å². The van der Waals surface area contributed by atoms with Gasteiger partial charge in [-0.15, -0.1) is 0 Å². The molecule has 0 saturated carbocycles. The third kappa shape index (κ3) is 3.91. The number of amides is 1. The first-order valence-electron chi connectivity index (χ1n) is 6.91. The Morgan fingerprint density at radius 1 is 1.32 bits per heavy atom. The number of carbonyl (C=O) groups is 2. The molecule has 2 rings (SSSR count). The number of likely N-dealkylation sites (tertiary alicyclic amines) is 1. The minimum Gasteiger partial charge on any atom is -0.481 e. The molecule has 1 aliphatic rings. The van der Waals surface area contributed by atoms with Gasteiger partial charge in [-0.25, -0.2) is 0 Å². The third-order valence-electron chi connectivity index (χ3n) is 3.66. The van der Waals surface area contributed by atoms with E-state index in [1.165, 1.54) is 24.3 Å². The highest BCUT2D eigenvalue weighted by Gasteiger charge is 2.25. The first-order chi connectivity index (χ1) is 10.5. The highest BCUT2D eigenvalue weighted by atomic mass is 16.6. The predicted octanol–water partition coefficient (Wildman–Crippen LogP) is 1.93. The zero-order valence-electron chi connectivity index (χ0n) is 11.8. The maximum Gasteiger partial charge on any atom is 0.306 e. The summed E-state index contributed by atoms with van der Waals surface area (Å²) in [5.41, 5.74) is 0.542.